The summed E-state index contributed by atoms with van der Waals surface area (Å²) in [5, 5.41) is 3.48. The molecule has 2 atom stereocenters. The standard InChI is InChI=1S/C12H24N2O/c1-11-10-14(8-6-13-11)7-2-4-12-5-3-9-15-12/h11-13H,2-10H2,1H3/t11-,12?/m0/s1. The zero-order chi connectivity index (χ0) is 10.5. The first-order valence-corrected chi connectivity index (χ1v) is 6.42. The van der Waals surface area contributed by atoms with Gasteiger partial charge < -0.3 is 15.0 Å². The molecule has 2 rings (SSSR count). The Bertz CT molecular complexity index is 180. The van der Waals surface area contributed by atoms with E-state index in [4.69, 9.17) is 4.74 Å². The zero-order valence-corrected chi connectivity index (χ0v) is 9.87. The lowest BCUT2D eigenvalue weighted by Gasteiger charge is -2.31. The SMILES string of the molecule is C[C@H]1CN(CCCC2CCCO2)CCN1. The van der Waals surface area contributed by atoms with E-state index < -0.39 is 0 Å². The predicted octanol–water partition coefficient (Wildman–Crippen LogP) is 1.24. The van der Waals surface area contributed by atoms with E-state index in [9.17, 15) is 0 Å². The van der Waals surface area contributed by atoms with Gasteiger partial charge in [0, 0.05) is 32.3 Å². The Labute approximate surface area is 93.2 Å². The molecule has 2 fully saturated rings. The van der Waals surface area contributed by atoms with Crippen LogP contribution in [0.5, 0.6) is 0 Å². The lowest BCUT2D eigenvalue weighted by Crippen LogP contribution is -2.49. The van der Waals surface area contributed by atoms with Gasteiger partial charge in [-0.25, -0.2) is 0 Å². The van der Waals surface area contributed by atoms with Crippen molar-refractivity contribution in [2.75, 3.05) is 32.8 Å². The summed E-state index contributed by atoms with van der Waals surface area (Å²) < 4.78 is 5.63. The van der Waals surface area contributed by atoms with Gasteiger partial charge >= 0.3 is 0 Å². The molecule has 0 saturated carbocycles. The third-order valence-corrected chi connectivity index (χ3v) is 3.48. The fraction of sp³-hybridized carbons (Fsp3) is 1.00. The minimum absolute atomic E-state index is 0.574. The van der Waals surface area contributed by atoms with E-state index >= 15 is 0 Å². The third-order valence-electron chi connectivity index (χ3n) is 3.48. The van der Waals surface area contributed by atoms with Crippen LogP contribution in [0.2, 0.25) is 0 Å². The van der Waals surface area contributed by atoms with Crippen molar-refractivity contribution in [3.8, 4) is 0 Å². The summed E-state index contributed by atoms with van der Waals surface area (Å²) in [5.74, 6) is 0. The van der Waals surface area contributed by atoms with Crippen molar-refractivity contribution in [2.24, 2.45) is 0 Å². The Hall–Kier alpha value is -0.120. The predicted molar refractivity (Wildman–Crippen MR) is 62.1 cm³/mol. The molecule has 2 saturated heterocycles. The maximum Gasteiger partial charge on any atom is 0.0576 e. The quantitative estimate of drug-likeness (QED) is 0.759. The van der Waals surface area contributed by atoms with E-state index in [0.29, 0.717) is 12.1 Å². The van der Waals surface area contributed by atoms with Crippen LogP contribution in [-0.2, 0) is 4.74 Å². The molecule has 0 aromatic carbocycles. The van der Waals surface area contributed by atoms with Gasteiger partial charge in [-0.1, -0.05) is 0 Å². The second-order valence-corrected chi connectivity index (χ2v) is 4.93. The minimum Gasteiger partial charge on any atom is -0.378 e. The maximum absolute atomic E-state index is 5.63. The van der Waals surface area contributed by atoms with E-state index in [1.54, 1.807) is 0 Å². The number of ether oxygens (including phenoxy) is 1. The first-order valence-electron chi connectivity index (χ1n) is 6.42. The van der Waals surface area contributed by atoms with Crippen LogP contribution in [0.3, 0.4) is 0 Å². The first-order chi connectivity index (χ1) is 7.34. The average Bonchev–Trinajstić information content (AvgIpc) is 2.71. The van der Waals surface area contributed by atoms with Gasteiger partial charge in [0.15, 0.2) is 0 Å². The normalized spacial score (nSPS) is 33.4. The molecule has 3 nitrogen and oxygen atoms in total. The Kier molecular flexibility index (Phi) is 4.42. The molecule has 15 heavy (non-hydrogen) atoms. The lowest BCUT2D eigenvalue weighted by molar-refractivity contribution is 0.0970. The van der Waals surface area contributed by atoms with E-state index in [-0.39, 0.29) is 0 Å². The molecule has 0 aromatic heterocycles. The van der Waals surface area contributed by atoms with Crippen LogP contribution in [0.4, 0.5) is 0 Å². The zero-order valence-electron chi connectivity index (χ0n) is 9.87. The van der Waals surface area contributed by atoms with Gasteiger partial charge in [-0.2, -0.15) is 0 Å². The van der Waals surface area contributed by atoms with Crippen molar-refractivity contribution in [1.82, 2.24) is 10.2 Å². The summed E-state index contributed by atoms with van der Waals surface area (Å²) >= 11 is 0. The number of nitrogens with zero attached hydrogens (tertiary/aromatic N) is 1. The second-order valence-electron chi connectivity index (χ2n) is 4.93. The molecule has 2 heterocycles. The van der Waals surface area contributed by atoms with Gasteiger partial charge in [0.05, 0.1) is 6.10 Å². The van der Waals surface area contributed by atoms with Gasteiger partial charge in [0.2, 0.25) is 0 Å². The van der Waals surface area contributed by atoms with Crippen molar-refractivity contribution < 1.29 is 4.74 Å². The van der Waals surface area contributed by atoms with Crippen molar-refractivity contribution in [3.63, 3.8) is 0 Å². The van der Waals surface area contributed by atoms with E-state index in [2.05, 4.69) is 17.1 Å². The fourth-order valence-corrected chi connectivity index (χ4v) is 2.63. The molecule has 3 heteroatoms. The van der Waals surface area contributed by atoms with Gasteiger partial charge in [-0.05, 0) is 39.2 Å². The molecule has 1 unspecified atom stereocenters. The first kappa shape index (κ1) is 11.4. The van der Waals surface area contributed by atoms with E-state index in [0.717, 1.165) is 13.2 Å². The van der Waals surface area contributed by atoms with Gasteiger partial charge in [-0.15, -0.1) is 0 Å². The maximum atomic E-state index is 5.63. The van der Waals surface area contributed by atoms with Gasteiger partial charge in [-0.3, -0.25) is 0 Å². The monoisotopic (exact) mass is 212 g/mol. The third kappa shape index (κ3) is 3.74. The van der Waals surface area contributed by atoms with Crippen LogP contribution in [-0.4, -0.2) is 49.8 Å². The van der Waals surface area contributed by atoms with Crippen molar-refractivity contribution >= 4 is 0 Å². The van der Waals surface area contributed by atoms with Crippen LogP contribution in [0.25, 0.3) is 0 Å². The molecule has 0 bridgehead atoms. The topological polar surface area (TPSA) is 24.5 Å². The highest BCUT2D eigenvalue weighted by atomic mass is 16.5. The molecule has 0 aliphatic carbocycles. The molecule has 0 spiro atoms. The summed E-state index contributed by atoms with van der Waals surface area (Å²) in [5.41, 5.74) is 0. The molecular weight excluding hydrogens is 188 g/mol. The molecule has 2 aliphatic heterocycles. The van der Waals surface area contributed by atoms with Crippen LogP contribution in [0.1, 0.15) is 32.6 Å². The number of rotatable bonds is 4. The van der Waals surface area contributed by atoms with Crippen molar-refractivity contribution in [2.45, 2.75) is 44.8 Å². The highest BCUT2D eigenvalue weighted by Crippen LogP contribution is 2.17. The van der Waals surface area contributed by atoms with Crippen LogP contribution in [0, 0.1) is 0 Å². The Balaban J connectivity index is 1.56. The highest BCUT2D eigenvalue weighted by molar-refractivity contribution is 4.75. The largest absolute Gasteiger partial charge is 0.378 e. The van der Waals surface area contributed by atoms with Crippen LogP contribution in [0.15, 0.2) is 0 Å². The molecule has 1 N–H and O–H groups in total. The highest BCUT2D eigenvalue weighted by Gasteiger charge is 2.17. The fourth-order valence-electron chi connectivity index (χ4n) is 2.63. The van der Waals surface area contributed by atoms with Crippen molar-refractivity contribution in [3.05, 3.63) is 0 Å². The van der Waals surface area contributed by atoms with E-state index in [1.165, 1.54) is 45.3 Å². The minimum atomic E-state index is 0.574. The van der Waals surface area contributed by atoms with E-state index in [1.807, 2.05) is 0 Å². The lowest BCUT2D eigenvalue weighted by atomic mass is 10.1. The Morgan fingerprint density at radius 2 is 2.40 bits per heavy atom. The van der Waals surface area contributed by atoms with Crippen molar-refractivity contribution in [1.29, 1.82) is 0 Å². The second kappa shape index (κ2) is 5.83. The summed E-state index contributed by atoms with van der Waals surface area (Å²) in [6.07, 6.45) is 5.70. The van der Waals surface area contributed by atoms with Gasteiger partial charge in [0.25, 0.3) is 0 Å². The molecule has 0 radical (unpaired) electrons. The average molecular weight is 212 g/mol. The number of piperazine rings is 1. The summed E-state index contributed by atoms with van der Waals surface area (Å²) in [6.45, 7) is 8.11. The number of hydrogen-bond acceptors (Lipinski definition) is 3. The summed E-state index contributed by atoms with van der Waals surface area (Å²) in [6, 6.07) is 0.668. The molecular formula is C12H24N2O. The molecule has 2 aliphatic rings. The molecule has 88 valence electrons. The summed E-state index contributed by atoms with van der Waals surface area (Å²) in [7, 11) is 0. The Morgan fingerprint density at radius 3 is 3.13 bits per heavy atom. The molecule has 0 amide bonds. The molecule has 0 aromatic rings. The van der Waals surface area contributed by atoms with Crippen LogP contribution >= 0.6 is 0 Å². The summed E-state index contributed by atoms with van der Waals surface area (Å²) in [4.78, 5) is 2.58. The number of nitrogens with one attached hydrogen (secondary N) is 1. The number of hydrogen-bond donors (Lipinski definition) is 1. The van der Waals surface area contributed by atoms with Gasteiger partial charge in [0.1, 0.15) is 0 Å². The van der Waals surface area contributed by atoms with Crippen LogP contribution < -0.4 is 5.32 Å². The Morgan fingerprint density at radius 1 is 1.47 bits per heavy atom. The smallest absolute Gasteiger partial charge is 0.0576 e.